The van der Waals surface area contributed by atoms with Crippen LogP contribution in [0, 0.1) is 6.92 Å². The zero-order valence-electron chi connectivity index (χ0n) is 18.0. The van der Waals surface area contributed by atoms with Gasteiger partial charge in [-0.15, -0.1) is 5.11 Å². The second kappa shape index (κ2) is 15.7. The SMILES string of the molecule is C=C/C(=C\C=C/C)N=Nc1cccc2cc(C)ccc12.CC.CCCCC. The minimum atomic E-state index is 0.743. The van der Waals surface area contributed by atoms with Gasteiger partial charge in [0, 0.05) is 5.39 Å². The molecule has 2 aromatic carbocycles. The van der Waals surface area contributed by atoms with Gasteiger partial charge in [-0.3, -0.25) is 0 Å². The summed E-state index contributed by atoms with van der Waals surface area (Å²) in [5, 5.41) is 10.9. The van der Waals surface area contributed by atoms with Crippen molar-refractivity contribution in [3.8, 4) is 0 Å². The van der Waals surface area contributed by atoms with Crippen LogP contribution in [0.1, 0.15) is 59.4 Å². The molecule has 0 atom stereocenters. The molecule has 0 amide bonds. The van der Waals surface area contributed by atoms with Crippen LogP contribution in [-0.2, 0) is 0 Å². The highest BCUT2D eigenvalue weighted by molar-refractivity contribution is 5.92. The molecule has 0 heterocycles. The Balaban J connectivity index is 0.000000838. The van der Waals surface area contributed by atoms with Crippen molar-refractivity contribution in [1.82, 2.24) is 0 Å². The average Bonchev–Trinajstić information content (AvgIpc) is 2.70. The summed E-state index contributed by atoms with van der Waals surface area (Å²) in [6.45, 7) is 16.2. The van der Waals surface area contributed by atoms with Gasteiger partial charge in [-0.1, -0.05) is 102 Å². The number of benzene rings is 2. The van der Waals surface area contributed by atoms with E-state index in [0.717, 1.165) is 16.8 Å². The molecule has 0 aliphatic carbocycles. The molecule has 0 radical (unpaired) electrons. The number of allylic oxidation sites excluding steroid dienone is 4. The van der Waals surface area contributed by atoms with Gasteiger partial charge in [0.05, 0.1) is 11.4 Å². The first-order chi connectivity index (χ1) is 13.2. The van der Waals surface area contributed by atoms with E-state index in [1.807, 2.05) is 51.1 Å². The van der Waals surface area contributed by atoms with Crippen LogP contribution in [0.4, 0.5) is 5.69 Å². The standard InChI is InChI=1S/C18H18N2.C5H12.C2H6/c1-4-6-9-16(5-2)19-20-18-10-7-8-15-13-14(3)11-12-17(15)18;1-3-5-4-2;1-2/h4-13H,2H2,1,3H3;3-5H2,1-2H3;1-2H3/b6-4-,16-9+,20-19?;;. The van der Waals surface area contributed by atoms with E-state index in [9.17, 15) is 0 Å². The highest BCUT2D eigenvalue weighted by atomic mass is 15.1. The van der Waals surface area contributed by atoms with E-state index in [-0.39, 0.29) is 0 Å². The fraction of sp³-hybridized carbons (Fsp3) is 0.360. The first-order valence-electron chi connectivity index (χ1n) is 10.0. The Bertz CT molecular complexity index is 750. The molecule has 0 saturated carbocycles. The number of azo groups is 1. The second-order valence-corrected chi connectivity index (χ2v) is 5.88. The number of rotatable bonds is 6. The molecule has 27 heavy (non-hydrogen) atoms. The first kappa shape index (κ1) is 24.5. The highest BCUT2D eigenvalue weighted by Crippen LogP contribution is 2.27. The Morgan fingerprint density at radius 3 is 2.33 bits per heavy atom. The molecule has 0 N–H and O–H groups in total. The monoisotopic (exact) mass is 364 g/mol. The molecule has 2 heteroatoms. The summed E-state index contributed by atoms with van der Waals surface area (Å²) in [5.74, 6) is 0. The van der Waals surface area contributed by atoms with Crippen LogP contribution in [0.2, 0.25) is 0 Å². The van der Waals surface area contributed by atoms with Gasteiger partial charge in [0.15, 0.2) is 0 Å². The van der Waals surface area contributed by atoms with Crippen molar-refractivity contribution >= 4 is 16.5 Å². The van der Waals surface area contributed by atoms with Gasteiger partial charge in [-0.2, -0.15) is 5.11 Å². The Kier molecular flexibility index (Phi) is 14.3. The maximum absolute atomic E-state index is 4.34. The van der Waals surface area contributed by atoms with Crippen LogP contribution >= 0.6 is 0 Å². The molecule has 0 unspecified atom stereocenters. The lowest BCUT2D eigenvalue weighted by Crippen LogP contribution is -1.76. The average molecular weight is 365 g/mol. The van der Waals surface area contributed by atoms with Crippen LogP contribution in [0.15, 0.2) is 83.2 Å². The third kappa shape index (κ3) is 9.69. The van der Waals surface area contributed by atoms with Crippen LogP contribution < -0.4 is 0 Å². The smallest absolute Gasteiger partial charge is 0.0935 e. The number of unbranched alkanes of at least 4 members (excludes halogenated alkanes) is 2. The Hall–Kier alpha value is -2.48. The van der Waals surface area contributed by atoms with Crippen LogP contribution in [0.25, 0.3) is 10.8 Å². The van der Waals surface area contributed by atoms with Gasteiger partial charge < -0.3 is 0 Å². The maximum atomic E-state index is 4.34. The molecule has 2 aromatic rings. The minimum absolute atomic E-state index is 0.743. The van der Waals surface area contributed by atoms with E-state index in [1.54, 1.807) is 6.08 Å². The first-order valence-corrected chi connectivity index (χ1v) is 10.0. The van der Waals surface area contributed by atoms with E-state index in [1.165, 1.54) is 30.2 Å². The second-order valence-electron chi connectivity index (χ2n) is 5.88. The normalized spacial score (nSPS) is 11.1. The number of hydrogen-bond acceptors (Lipinski definition) is 2. The lowest BCUT2D eigenvalue weighted by Gasteiger charge is -2.02. The fourth-order valence-corrected chi connectivity index (χ4v) is 2.28. The largest absolute Gasteiger partial charge is 0.151 e. The number of fused-ring (bicyclic) bond motifs is 1. The van der Waals surface area contributed by atoms with Gasteiger partial charge in [0.2, 0.25) is 0 Å². The molecule has 0 aliphatic rings. The van der Waals surface area contributed by atoms with Gasteiger partial charge in [0.25, 0.3) is 0 Å². The van der Waals surface area contributed by atoms with Crippen molar-refractivity contribution < 1.29 is 0 Å². The van der Waals surface area contributed by atoms with Gasteiger partial charge in [-0.05, 0) is 37.5 Å². The zero-order chi connectivity index (χ0) is 20.5. The van der Waals surface area contributed by atoms with E-state index < -0.39 is 0 Å². The predicted octanol–water partition coefficient (Wildman–Crippen LogP) is 9.10. The topological polar surface area (TPSA) is 24.7 Å². The van der Waals surface area contributed by atoms with Crippen molar-refractivity contribution in [3.63, 3.8) is 0 Å². The van der Waals surface area contributed by atoms with Gasteiger partial charge >= 0.3 is 0 Å². The van der Waals surface area contributed by atoms with E-state index >= 15 is 0 Å². The Labute approximate surface area is 166 Å². The number of nitrogens with zero attached hydrogens (tertiary/aromatic N) is 2. The number of hydrogen-bond donors (Lipinski definition) is 0. The van der Waals surface area contributed by atoms with Crippen LogP contribution in [-0.4, -0.2) is 0 Å². The van der Waals surface area contributed by atoms with Crippen molar-refractivity contribution in [2.24, 2.45) is 10.2 Å². The lowest BCUT2D eigenvalue weighted by atomic mass is 10.1. The molecule has 0 aliphatic heterocycles. The summed E-state index contributed by atoms with van der Waals surface area (Å²) in [6, 6.07) is 12.4. The molecule has 0 bridgehead atoms. The molecule has 2 rings (SSSR count). The number of aryl methyl sites for hydroxylation is 1. The summed E-state index contributed by atoms with van der Waals surface area (Å²) < 4.78 is 0. The molecule has 0 saturated heterocycles. The third-order valence-corrected chi connectivity index (χ3v) is 3.66. The molecule has 0 aromatic heterocycles. The third-order valence-electron chi connectivity index (χ3n) is 3.66. The van der Waals surface area contributed by atoms with Crippen LogP contribution in [0.5, 0.6) is 0 Å². The molecule has 2 nitrogen and oxygen atoms in total. The molecule has 0 fully saturated rings. The maximum Gasteiger partial charge on any atom is 0.0935 e. The van der Waals surface area contributed by atoms with E-state index in [4.69, 9.17) is 0 Å². The summed E-state index contributed by atoms with van der Waals surface area (Å²) in [6.07, 6.45) is 11.5. The molecule has 146 valence electrons. The summed E-state index contributed by atoms with van der Waals surface area (Å²) in [5.41, 5.74) is 2.86. The van der Waals surface area contributed by atoms with Crippen molar-refractivity contribution in [1.29, 1.82) is 0 Å². The molecular weight excluding hydrogens is 328 g/mol. The Morgan fingerprint density at radius 2 is 1.78 bits per heavy atom. The van der Waals surface area contributed by atoms with Crippen LogP contribution in [0.3, 0.4) is 0 Å². The lowest BCUT2D eigenvalue weighted by molar-refractivity contribution is 0.772. The molecule has 0 spiro atoms. The van der Waals surface area contributed by atoms with Crippen molar-refractivity contribution in [2.45, 2.75) is 60.8 Å². The highest BCUT2D eigenvalue weighted by Gasteiger charge is 1.99. The van der Waals surface area contributed by atoms with Crippen molar-refractivity contribution in [2.75, 3.05) is 0 Å². The Morgan fingerprint density at radius 1 is 1.07 bits per heavy atom. The minimum Gasteiger partial charge on any atom is -0.151 e. The summed E-state index contributed by atoms with van der Waals surface area (Å²) in [7, 11) is 0. The fourth-order valence-electron chi connectivity index (χ4n) is 2.28. The van der Waals surface area contributed by atoms with E-state index in [2.05, 4.69) is 61.8 Å². The zero-order valence-corrected chi connectivity index (χ0v) is 18.0. The quantitative estimate of drug-likeness (QED) is 0.360. The van der Waals surface area contributed by atoms with Gasteiger partial charge in [-0.25, -0.2) is 0 Å². The summed E-state index contributed by atoms with van der Waals surface area (Å²) >= 11 is 0. The summed E-state index contributed by atoms with van der Waals surface area (Å²) in [4.78, 5) is 0. The molecular formula is C25H36N2. The van der Waals surface area contributed by atoms with E-state index in [0.29, 0.717) is 0 Å². The predicted molar refractivity (Wildman–Crippen MR) is 123 cm³/mol. The van der Waals surface area contributed by atoms with Crippen molar-refractivity contribution in [3.05, 3.63) is 78.5 Å². The van der Waals surface area contributed by atoms with Gasteiger partial charge in [0.1, 0.15) is 0 Å².